The van der Waals surface area contributed by atoms with E-state index in [9.17, 15) is 4.79 Å². The summed E-state index contributed by atoms with van der Waals surface area (Å²) in [4.78, 5) is 14.6. The molecule has 1 aliphatic heterocycles. The van der Waals surface area contributed by atoms with E-state index in [-0.39, 0.29) is 5.91 Å². The van der Waals surface area contributed by atoms with E-state index in [1.807, 2.05) is 29.2 Å². The molecule has 3 rings (SSSR count). The molecule has 0 bridgehead atoms. The molecule has 0 aliphatic carbocycles. The van der Waals surface area contributed by atoms with Crippen LogP contribution in [0.3, 0.4) is 0 Å². The van der Waals surface area contributed by atoms with E-state index in [2.05, 4.69) is 17.2 Å². The van der Waals surface area contributed by atoms with Crippen molar-refractivity contribution < 1.29 is 4.79 Å². The van der Waals surface area contributed by atoms with Crippen molar-refractivity contribution in [1.29, 1.82) is 0 Å². The average molecular weight is 333 g/mol. The third kappa shape index (κ3) is 3.72. The van der Waals surface area contributed by atoms with E-state index >= 15 is 0 Å². The van der Waals surface area contributed by atoms with Gasteiger partial charge < -0.3 is 4.90 Å². The smallest absolute Gasteiger partial charge is 0.276 e. The molecule has 122 valence electrons. The van der Waals surface area contributed by atoms with E-state index in [1.54, 1.807) is 10.9 Å². The highest BCUT2D eigenvalue weighted by atomic mass is 35.5. The summed E-state index contributed by atoms with van der Waals surface area (Å²) in [5, 5.41) is 8.86. The number of piperidine rings is 1. The second-order valence-corrected chi connectivity index (χ2v) is 6.42. The van der Waals surface area contributed by atoms with Gasteiger partial charge in [-0.1, -0.05) is 35.9 Å². The van der Waals surface area contributed by atoms with Gasteiger partial charge in [0.15, 0.2) is 5.69 Å². The molecule has 0 N–H and O–H groups in total. The predicted molar refractivity (Wildman–Crippen MR) is 89.5 cm³/mol. The zero-order valence-electron chi connectivity index (χ0n) is 13.3. The molecule has 0 unspecified atom stereocenters. The lowest BCUT2D eigenvalue weighted by Crippen LogP contribution is -2.43. The lowest BCUT2D eigenvalue weighted by atomic mass is 10.00. The van der Waals surface area contributed by atoms with Crippen LogP contribution in [0.5, 0.6) is 0 Å². The van der Waals surface area contributed by atoms with Gasteiger partial charge in [-0.3, -0.25) is 4.79 Å². The van der Waals surface area contributed by atoms with Gasteiger partial charge in [-0.2, -0.15) is 0 Å². The molecule has 1 amide bonds. The Hall–Kier alpha value is -1.88. The maximum absolute atomic E-state index is 12.7. The predicted octanol–water partition coefficient (Wildman–Crippen LogP) is 3.38. The molecular weight excluding hydrogens is 312 g/mol. The number of hydrogen-bond acceptors (Lipinski definition) is 3. The molecule has 0 saturated carbocycles. The molecule has 2 heterocycles. The first-order valence-corrected chi connectivity index (χ1v) is 8.50. The number of likely N-dealkylation sites (tertiary alicyclic amines) is 1. The molecule has 1 aromatic carbocycles. The first-order chi connectivity index (χ1) is 11.2. The van der Waals surface area contributed by atoms with Gasteiger partial charge in [0.1, 0.15) is 0 Å². The van der Waals surface area contributed by atoms with E-state index in [0.29, 0.717) is 23.3 Å². The van der Waals surface area contributed by atoms with Gasteiger partial charge in [0, 0.05) is 17.6 Å². The first-order valence-electron chi connectivity index (χ1n) is 8.13. The van der Waals surface area contributed by atoms with Crippen LogP contribution < -0.4 is 0 Å². The van der Waals surface area contributed by atoms with Gasteiger partial charge in [-0.15, -0.1) is 5.10 Å². The number of nitrogens with zero attached hydrogens (tertiary/aromatic N) is 4. The van der Waals surface area contributed by atoms with E-state index in [4.69, 9.17) is 11.6 Å². The number of rotatable bonds is 4. The minimum atomic E-state index is -0.00101. The number of halogens is 1. The van der Waals surface area contributed by atoms with Crippen molar-refractivity contribution in [3.05, 3.63) is 46.7 Å². The Morgan fingerprint density at radius 3 is 2.83 bits per heavy atom. The summed E-state index contributed by atoms with van der Waals surface area (Å²) in [6.07, 6.45) is 6.08. The van der Waals surface area contributed by atoms with Crippen molar-refractivity contribution in [3.63, 3.8) is 0 Å². The molecule has 6 heteroatoms. The lowest BCUT2D eigenvalue weighted by Gasteiger charge is -2.34. The molecule has 0 radical (unpaired) electrons. The fourth-order valence-electron chi connectivity index (χ4n) is 3.09. The zero-order chi connectivity index (χ0) is 16.2. The molecule has 23 heavy (non-hydrogen) atoms. The number of hydrogen-bond donors (Lipinski definition) is 0. The van der Waals surface area contributed by atoms with E-state index in [0.717, 1.165) is 31.4 Å². The van der Waals surface area contributed by atoms with Crippen LogP contribution in [0.2, 0.25) is 5.02 Å². The molecule has 1 fully saturated rings. The Balaban J connectivity index is 1.70. The molecular formula is C17H21ClN4O. The molecule has 5 nitrogen and oxygen atoms in total. The minimum Gasteiger partial charge on any atom is -0.334 e. The summed E-state index contributed by atoms with van der Waals surface area (Å²) in [5.74, 6) is -0.00101. The monoisotopic (exact) mass is 332 g/mol. The number of carbonyl (C=O) groups excluding carboxylic acids is 1. The van der Waals surface area contributed by atoms with Crippen molar-refractivity contribution in [2.45, 2.75) is 45.2 Å². The molecule has 1 aliphatic rings. The number of aromatic nitrogens is 3. The number of carbonyl (C=O) groups is 1. The molecule has 2 aromatic rings. The Morgan fingerprint density at radius 1 is 1.30 bits per heavy atom. The third-order valence-electron chi connectivity index (χ3n) is 4.37. The summed E-state index contributed by atoms with van der Waals surface area (Å²) in [6.45, 7) is 3.53. The lowest BCUT2D eigenvalue weighted by molar-refractivity contribution is 0.0602. The van der Waals surface area contributed by atoms with Crippen molar-refractivity contribution in [2.24, 2.45) is 0 Å². The summed E-state index contributed by atoms with van der Waals surface area (Å²) in [5.41, 5.74) is 1.50. The van der Waals surface area contributed by atoms with Crippen LogP contribution >= 0.6 is 11.6 Å². The maximum Gasteiger partial charge on any atom is 0.276 e. The summed E-state index contributed by atoms with van der Waals surface area (Å²) in [6, 6.07) is 7.92. The summed E-state index contributed by atoms with van der Waals surface area (Å²) in [7, 11) is 0. The standard InChI is InChI=1S/C17H21ClN4O/c1-2-15-5-3-4-10-22(15)17(23)16-12-21(20-19-16)11-13-6-8-14(18)9-7-13/h6-9,12,15H,2-5,10-11H2,1H3/t15-/m0/s1. The van der Waals surface area contributed by atoms with E-state index in [1.165, 1.54) is 6.42 Å². The van der Waals surface area contributed by atoms with Gasteiger partial charge in [-0.25, -0.2) is 4.68 Å². The van der Waals surface area contributed by atoms with Gasteiger partial charge in [-0.05, 0) is 43.4 Å². The Labute approximate surface area is 141 Å². The third-order valence-corrected chi connectivity index (χ3v) is 4.63. The maximum atomic E-state index is 12.7. The van der Waals surface area contributed by atoms with Gasteiger partial charge in [0.25, 0.3) is 5.91 Å². The fourth-order valence-corrected chi connectivity index (χ4v) is 3.22. The minimum absolute atomic E-state index is 0.00101. The topological polar surface area (TPSA) is 51.0 Å². The summed E-state index contributed by atoms with van der Waals surface area (Å²) >= 11 is 5.89. The Kier molecular flexibility index (Phi) is 4.96. The number of benzene rings is 1. The quantitative estimate of drug-likeness (QED) is 0.862. The second-order valence-electron chi connectivity index (χ2n) is 5.98. The van der Waals surface area contributed by atoms with Gasteiger partial charge in [0.2, 0.25) is 0 Å². The highest BCUT2D eigenvalue weighted by molar-refractivity contribution is 6.30. The Morgan fingerprint density at radius 2 is 2.09 bits per heavy atom. The van der Waals surface area contributed by atoms with Crippen molar-refractivity contribution >= 4 is 17.5 Å². The SMILES string of the molecule is CC[C@H]1CCCCN1C(=O)c1cn(Cc2ccc(Cl)cc2)nn1. The van der Waals surface area contributed by atoms with Crippen LogP contribution in [0.1, 0.15) is 48.7 Å². The zero-order valence-corrected chi connectivity index (χ0v) is 14.0. The largest absolute Gasteiger partial charge is 0.334 e. The Bertz CT molecular complexity index is 667. The second kappa shape index (κ2) is 7.13. The normalized spacial score (nSPS) is 18.2. The summed E-state index contributed by atoms with van der Waals surface area (Å²) < 4.78 is 1.70. The molecule has 1 saturated heterocycles. The van der Waals surface area contributed by atoms with Crippen LogP contribution in [0.15, 0.2) is 30.5 Å². The van der Waals surface area contributed by atoms with Crippen LogP contribution in [0, 0.1) is 0 Å². The van der Waals surface area contributed by atoms with Gasteiger partial charge >= 0.3 is 0 Å². The molecule has 0 spiro atoms. The average Bonchev–Trinajstić information content (AvgIpc) is 3.05. The number of amides is 1. The van der Waals surface area contributed by atoms with E-state index < -0.39 is 0 Å². The van der Waals surface area contributed by atoms with Crippen LogP contribution in [-0.2, 0) is 6.54 Å². The molecule has 1 aromatic heterocycles. The fraction of sp³-hybridized carbons (Fsp3) is 0.471. The van der Waals surface area contributed by atoms with Crippen molar-refractivity contribution in [1.82, 2.24) is 19.9 Å². The highest BCUT2D eigenvalue weighted by Crippen LogP contribution is 2.21. The molecule has 1 atom stereocenters. The first kappa shape index (κ1) is 16.0. The van der Waals surface area contributed by atoms with Crippen molar-refractivity contribution in [2.75, 3.05) is 6.54 Å². The highest BCUT2D eigenvalue weighted by Gasteiger charge is 2.27. The van der Waals surface area contributed by atoms with Crippen LogP contribution in [0.4, 0.5) is 0 Å². The van der Waals surface area contributed by atoms with Crippen molar-refractivity contribution in [3.8, 4) is 0 Å². The van der Waals surface area contributed by atoms with Gasteiger partial charge in [0.05, 0.1) is 12.7 Å². The van der Waals surface area contributed by atoms with Crippen LogP contribution in [0.25, 0.3) is 0 Å². The van der Waals surface area contributed by atoms with Crippen LogP contribution in [-0.4, -0.2) is 38.4 Å².